The topological polar surface area (TPSA) is 52.6 Å². The van der Waals surface area contributed by atoms with Crippen LogP contribution in [0.2, 0.25) is 0 Å². The van der Waals surface area contributed by atoms with Crippen molar-refractivity contribution in [2.24, 2.45) is 183 Å². The summed E-state index contributed by atoms with van der Waals surface area (Å²) in [5.74, 6) is 27.8. The van der Waals surface area contributed by atoms with Crippen molar-refractivity contribution < 1.29 is 19.1 Å². The van der Waals surface area contributed by atoms with Crippen molar-refractivity contribution in [2.75, 3.05) is 0 Å². The molecule has 0 spiro atoms. The van der Waals surface area contributed by atoms with Crippen molar-refractivity contribution in [3.05, 3.63) is 101 Å². The van der Waals surface area contributed by atoms with Crippen LogP contribution in [0.4, 0.5) is 0 Å². The van der Waals surface area contributed by atoms with Gasteiger partial charge in [0.15, 0.2) is 0 Å². The van der Waals surface area contributed by atoms with Crippen molar-refractivity contribution >= 4 is 39.1 Å². The lowest BCUT2D eigenvalue weighted by molar-refractivity contribution is -0.246. The molecule has 38 atom stereocenters. The number of carbonyl (C=O) groups is 2. The van der Waals surface area contributed by atoms with E-state index < -0.39 is 0 Å². The molecular formula is C69H52O4. The fraction of sp³-hybridized carbons (Fsp3) is 0.623. The molecule has 14 fully saturated rings. The molecule has 0 N–H and O–H groups in total. The first-order chi connectivity index (χ1) is 36.0. The van der Waals surface area contributed by atoms with Crippen LogP contribution in [0.3, 0.4) is 0 Å². The van der Waals surface area contributed by atoms with Gasteiger partial charge in [-0.3, -0.25) is 0 Å². The average molecular weight is 945 g/mol. The first kappa shape index (κ1) is 33.1. The predicted molar refractivity (Wildman–Crippen MR) is 262 cm³/mol. The van der Waals surface area contributed by atoms with Crippen molar-refractivity contribution in [1.29, 1.82) is 0 Å². The molecule has 4 aromatic rings. The van der Waals surface area contributed by atoms with Gasteiger partial charge in [0.05, 0.1) is 5.56 Å². The number of fused-ring (bicyclic) bond motifs is 15. The highest BCUT2D eigenvalue weighted by atomic mass is 16.6. The Morgan fingerprint density at radius 1 is 0.438 bits per heavy atom. The Morgan fingerprint density at radius 2 is 1.14 bits per heavy atom. The quantitative estimate of drug-likeness (QED) is 0.0672. The van der Waals surface area contributed by atoms with Gasteiger partial charge in [0.1, 0.15) is 11.9 Å². The van der Waals surface area contributed by atoms with Gasteiger partial charge in [0.25, 0.3) is 0 Å². The number of benzene rings is 4. The van der Waals surface area contributed by atoms with Crippen molar-refractivity contribution in [2.45, 2.75) is 74.7 Å². The summed E-state index contributed by atoms with van der Waals surface area (Å²) in [5, 5.41) is 6.00. The van der Waals surface area contributed by atoms with Crippen LogP contribution in [-0.2, 0) is 22.4 Å². The maximum Gasteiger partial charge on any atom is 0.344 e. The molecule has 2 heterocycles. The highest BCUT2D eigenvalue weighted by Crippen LogP contribution is 2.95. The minimum atomic E-state index is -0.314. The van der Waals surface area contributed by atoms with Crippen molar-refractivity contribution in [3.63, 3.8) is 0 Å². The highest BCUT2D eigenvalue weighted by Gasteiger charge is 2.90. The van der Waals surface area contributed by atoms with Crippen LogP contribution >= 0.6 is 0 Å². The zero-order valence-corrected chi connectivity index (χ0v) is 40.8. The summed E-state index contributed by atoms with van der Waals surface area (Å²) in [6.07, 6.45) is 3.64. The van der Waals surface area contributed by atoms with E-state index in [-0.39, 0.29) is 29.9 Å². The summed E-state index contributed by atoms with van der Waals surface area (Å²) in [5.41, 5.74) is 26.0. The smallest absolute Gasteiger partial charge is 0.344 e. The maximum absolute atomic E-state index is 16.8. The van der Waals surface area contributed by atoms with Gasteiger partial charge < -0.3 is 9.47 Å². The van der Waals surface area contributed by atoms with Gasteiger partial charge in [0, 0.05) is 57.4 Å². The van der Waals surface area contributed by atoms with E-state index in [1.165, 1.54) is 68.8 Å². The van der Waals surface area contributed by atoms with E-state index in [4.69, 9.17) is 9.47 Å². The van der Waals surface area contributed by atoms with Crippen LogP contribution in [0.15, 0.2) is 28.9 Å². The molecule has 4 aromatic carbocycles. The Kier molecular flexibility index (Phi) is 3.85. The zero-order valence-electron chi connectivity index (χ0n) is 40.8. The molecule has 13 saturated carbocycles. The van der Waals surface area contributed by atoms with Gasteiger partial charge in [-0.2, -0.15) is 0 Å². The minimum Gasteiger partial charge on any atom is -0.454 e. The standard InChI is InChI=1S/C69H52O4/c1-8-19-15-7-16-24-13-3-10-4-14-26-20(8)37-36(19)53-38-21-9(2)22-28-18-6-12-11-5-17-27(21)44-47(53)29(15)30(16)48-50(44)33(17)43-25(11)63-58-56(43)55(48)42(24)49-31(13)40-23(10)41-32(14)51-45(26)57(54(37)39(22)38)46(28)52-34(18)66-35(12)67(63)73-69(71)65(62(49)58)59(40)60(41)64(61(51)52)68(70)72-66/h3-4,8-9,15-22,24,26-30,33-34,36-39,42-48,50-54,57-58,61,66H,5-7H2,1-2H3/t8?,9?,15?,16?,17?,18?,19?,20?,21-,22?,24?,26?,27?,28?,29?,30?,33?,34?,36?,37?,38?,39?,42?,43?,44?,45?,46?,47?,48?,50?,51?,52?,53?,54?,57?,58?,61?,66-/m0/s1. The average Bonchev–Trinajstić information content (AvgIpc) is 4.46. The lowest BCUT2D eigenvalue weighted by Gasteiger charge is -2.72. The second kappa shape index (κ2) is 8.49. The minimum absolute atomic E-state index is 0.0306. The molecule has 352 valence electrons. The van der Waals surface area contributed by atoms with Crippen LogP contribution in [0.25, 0.3) is 27.1 Å². The first-order valence-electron chi connectivity index (χ1n) is 31.3. The van der Waals surface area contributed by atoms with Gasteiger partial charge >= 0.3 is 11.9 Å². The van der Waals surface area contributed by atoms with Crippen LogP contribution in [0.1, 0.15) is 139 Å². The molecule has 4 nitrogen and oxygen atoms in total. The van der Waals surface area contributed by atoms with Crippen LogP contribution in [-0.4, -0.2) is 11.9 Å². The normalized spacial score (nSPS) is 65.4. The maximum atomic E-state index is 16.8. The second-order valence-corrected chi connectivity index (χ2v) is 32.9. The van der Waals surface area contributed by atoms with E-state index in [2.05, 4.69) is 26.0 Å². The summed E-state index contributed by atoms with van der Waals surface area (Å²) in [7, 11) is 0. The molecular weight excluding hydrogens is 893 g/mol. The SMILES string of the molecule is CC1C2C3CC4C5c6cc7cc8c9c%10c7c7c%11c%12c%13c(c67)C5C5=C6C%13c7c(c%13c%14c%15c7C6C6C(C%15)C7C%15C6C5C4C3C%15C3C2C2C1C8C1C9C4C(=C%10%11)C(=O)O[C@H]%13C5C(C%14)C6C(C1C2C1C6C(C)[C@@H]7C31)C45)OC%12=O. The number of hydrogen-bond donors (Lipinski definition) is 0. The van der Waals surface area contributed by atoms with E-state index in [0.717, 1.165) is 165 Å². The van der Waals surface area contributed by atoms with E-state index >= 15 is 9.59 Å². The number of hydrogen-bond acceptors (Lipinski definition) is 4. The molecule has 1 saturated heterocycles. The first-order valence-corrected chi connectivity index (χ1v) is 31.3. The number of esters is 2. The summed E-state index contributed by atoms with van der Waals surface area (Å²) in [6, 6.07) is 5.82. The Morgan fingerprint density at radius 3 is 2.00 bits per heavy atom. The van der Waals surface area contributed by atoms with E-state index in [1.807, 2.05) is 11.1 Å². The molecule has 0 amide bonds. The molecule has 0 radical (unpaired) electrons. The number of ether oxygens (including phenoxy) is 2. The van der Waals surface area contributed by atoms with Gasteiger partial charge in [-0.15, -0.1) is 0 Å². The molecule has 36 unspecified atom stereocenters. The Labute approximate surface area is 421 Å². The fourth-order valence-corrected chi connectivity index (χ4v) is 36.6. The molecule has 0 aromatic heterocycles. The predicted octanol–water partition coefficient (Wildman–Crippen LogP) is 11.0. The van der Waals surface area contributed by atoms with Gasteiger partial charge in [-0.1, -0.05) is 37.1 Å². The molecule has 0 bridgehead atoms. The molecule has 2 aliphatic heterocycles. The zero-order chi connectivity index (χ0) is 44.7. The summed E-state index contributed by atoms with van der Waals surface area (Å²) in [6.45, 7) is 5.95. The Hall–Kier alpha value is -4.18. The lowest BCUT2D eigenvalue weighted by Crippen LogP contribution is -2.69. The number of allylic oxidation sites excluding steroid dienone is 2. The third-order valence-corrected chi connectivity index (χ3v) is 34.7. The molecule has 22 aliphatic carbocycles. The number of rotatable bonds is 0. The summed E-state index contributed by atoms with van der Waals surface area (Å²) >= 11 is 0. The molecule has 4 heteroatoms. The molecule has 73 heavy (non-hydrogen) atoms. The monoisotopic (exact) mass is 944 g/mol. The lowest BCUT2D eigenvalue weighted by atomic mass is 9.32. The summed E-state index contributed by atoms with van der Waals surface area (Å²) in [4.78, 5) is 33.4. The Balaban J connectivity index is 0.955. The highest BCUT2D eigenvalue weighted by molar-refractivity contribution is 6.32. The third kappa shape index (κ3) is 2.27. The summed E-state index contributed by atoms with van der Waals surface area (Å²) < 4.78 is 15.5. The number of carbonyl (C=O) groups excluding carboxylic acids is 2. The third-order valence-electron chi connectivity index (χ3n) is 34.7. The van der Waals surface area contributed by atoms with Crippen molar-refractivity contribution in [1.82, 2.24) is 0 Å². The van der Waals surface area contributed by atoms with Gasteiger partial charge in [-0.25, -0.2) is 9.59 Å². The van der Waals surface area contributed by atoms with Gasteiger partial charge in [0.2, 0.25) is 0 Å². The van der Waals surface area contributed by atoms with E-state index in [1.54, 1.807) is 44.3 Å². The van der Waals surface area contributed by atoms with Gasteiger partial charge in [-0.05, 0) is 280 Å². The largest absolute Gasteiger partial charge is 0.454 e. The van der Waals surface area contributed by atoms with Crippen molar-refractivity contribution in [3.8, 4) is 5.75 Å². The fourth-order valence-electron chi connectivity index (χ4n) is 36.6. The van der Waals surface area contributed by atoms with Crippen LogP contribution in [0.5, 0.6) is 5.75 Å². The van der Waals surface area contributed by atoms with Crippen LogP contribution < -0.4 is 4.74 Å². The molecule has 24 aliphatic rings. The second-order valence-electron chi connectivity index (χ2n) is 32.9. The van der Waals surface area contributed by atoms with E-state index in [9.17, 15) is 0 Å². The van der Waals surface area contributed by atoms with E-state index in [0.29, 0.717) is 59.2 Å². The van der Waals surface area contributed by atoms with Crippen LogP contribution in [0, 0.1) is 183 Å². The molecule has 28 rings (SSSR count). The Bertz CT molecular complexity index is 4200.